The van der Waals surface area contributed by atoms with Crippen LogP contribution in [0.25, 0.3) is 0 Å². The van der Waals surface area contributed by atoms with E-state index in [0.717, 1.165) is 25.8 Å². The number of rotatable bonds is 1. The molecule has 0 radical (unpaired) electrons. The lowest BCUT2D eigenvalue weighted by Gasteiger charge is -2.38. The number of hydrogen-bond acceptors (Lipinski definition) is 3. The predicted octanol–water partition coefficient (Wildman–Crippen LogP) is 0.997. The van der Waals surface area contributed by atoms with Crippen LogP contribution in [-0.2, 0) is 9.53 Å². The molecule has 1 aliphatic carbocycles. The van der Waals surface area contributed by atoms with E-state index in [0.29, 0.717) is 25.0 Å². The van der Waals surface area contributed by atoms with Crippen LogP contribution in [0.4, 0.5) is 0 Å². The summed E-state index contributed by atoms with van der Waals surface area (Å²) in [5.74, 6) is 0.971. The Morgan fingerprint density at radius 2 is 2.12 bits per heavy atom. The van der Waals surface area contributed by atoms with Crippen molar-refractivity contribution in [3.8, 4) is 0 Å². The molecule has 1 aliphatic heterocycles. The van der Waals surface area contributed by atoms with E-state index in [1.165, 1.54) is 0 Å². The van der Waals surface area contributed by atoms with Gasteiger partial charge in [0.25, 0.3) is 0 Å². The molecule has 0 aromatic heterocycles. The molecule has 98 valence electrons. The molecule has 0 aromatic carbocycles. The summed E-state index contributed by atoms with van der Waals surface area (Å²) in [6.07, 6.45) is 2.88. The van der Waals surface area contributed by atoms with Crippen molar-refractivity contribution in [3.63, 3.8) is 0 Å². The Balaban J connectivity index is 1.95. The monoisotopic (exact) mass is 240 g/mol. The van der Waals surface area contributed by atoms with Crippen molar-refractivity contribution >= 4 is 5.91 Å². The second-order valence-corrected chi connectivity index (χ2v) is 5.61. The zero-order valence-corrected chi connectivity index (χ0v) is 10.9. The van der Waals surface area contributed by atoms with Crippen LogP contribution >= 0.6 is 0 Å². The number of carbonyl (C=O) groups excluding carboxylic acids is 1. The molecule has 0 aromatic rings. The summed E-state index contributed by atoms with van der Waals surface area (Å²) in [5.41, 5.74) is 6.00. The number of ether oxygens (including phenoxy) is 1. The highest BCUT2D eigenvalue weighted by Crippen LogP contribution is 2.30. The Kier molecular flexibility index (Phi) is 4.05. The maximum Gasteiger partial charge on any atom is 0.226 e. The highest BCUT2D eigenvalue weighted by Gasteiger charge is 2.34. The van der Waals surface area contributed by atoms with E-state index in [2.05, 4.69) is 13.8 Å². The van der Waals surface area contributed by atoms with E-state index >= 15 is 0 Å². The Morgan fingerprint density at radius 1 is 1.35 bits per heavy atom. The van der Waals surface area contributed by atoms with Crippen LogP contribution in [0, 0.1) is 11.8 Å². The molecule has 4 heteroatoms. The van der Waals surface area contributed by atoms with E-state index < -0.39 is 0 Å². The zero-order valence-electron chi connectivity index (χ0n) is 10.9. The van der Waals surface area contributed by atoms with E-state index in [-0.39, 0.29) is 18.0 Å². The van der Waals surface area contributed by atoms with E-state index in [4.69, 9.17) is 10.5 Å². The summed E-state index contributed by atoms with van der Waals surface area (Å²) < 4.78 is 5.37. The molecule has 2 N–H and O–H groups in total. The average molecular weight is 240 g/mol. The molecule has 0 bridgehead atoms. The van der Waals surface area contributed by atoms with Gasteiger partial charge >= 0.3 is 0 Å². The van der Waals surface area contributed by atoms with Gasteiger partial charge in [-0.25, -0.2) is 0 Å². The Labute approximate surface area is 103 Å². The predicted molar refractivity (Wildman–Crippen MR) is 66.5 cm³/mol. The molecule has 2 aliphatic rings. The lowest BCUT2D eigenvalue weighted by molar-refractivity contribution is -0.145. The van der Waals surface area contributed by atoms with Crippen molar-refractivity contribution in [2.45, 2.75) is 45.2 Å². The molecule has 17 heavy (non-hydrogen) atoms. The van der Waals surface area contributed by atoms with Crippen LogP contribution < -0.4 is 5.73 Å². The highest BCUT2D eigenvalue weighted by atomic mass is 16.5. The largest absolute Gasteiger partial charge is 0.377 e. The van der Waals surface area contributed by atoms with Crippen LogP contribution in [0.1, 0.15) is 33.1 Å². The SMILES string of the molecule is CC1CC(C(=O)N2CCOCC2C)CCC1N. The lowest BCUT2D eigenvalue weighted by Crippen LogP contribution is -2.51. The van der Waals surface area contributed by atoms with E-state index in [1.54, 1.807) is 0 Å². The van der Waals surface area contributed by atoms with Gasteiger partial charge in [-0.1, -0.05) is 6.92 Å². The third-order valence-electron chi connectivity index (χ3n) is 4.24. The summed E-state index contributed by atoms with van der Waals surface area (Å²) >= 11 is 0. The summed E-state index contributed by atoms with van der Waals surface area (Å²) in [6, 6.07) is 0.503. The second kappa shape index (κ2) is 5.36. The van der Waals surface area contributed by atoms with Crippen molar-refractivity contribution in [2.24, 2.45) is 17.6 Å². The van der Waals surface area contributed by atoms with Gasteiger partial charge in [-0.2, -0.15) is 0 Å². The number of carbonyl (C=O) groups is 1. The van der Waals surface area contributed by atoms with Gasteiger partial charge in [-0.3, -0.25) is 4.79 Å². The molecule has 2 rings (SSSR count). The van der Waals surface area contributed by atoms with Gasteiger partial charge in [-0.15, -0.1) is 0 Å². The Bertz CT molecular complexity index is 283. The molecular weight excluding hydrogens is 216 g/mol. The molecule has 2 fully saturated rings. The number of nitrogens with two attached hydrogens (primary N) is 1. The fourth-order valence-electron chi connectivity index (χ4n) is 2.93. The van der Waals surface area contributed by atoms with Crippen LogP contribution in [0.2, 0.25) is 0 Å². The summed E-state index contributed by atoms with van der Waals surface area (Å²) in [4.78, 5) is 14.4. The van der Waals surface area contributed by atoms with Gasteiger partial charge in [-0.05, 0) is 32.1 Å². The molecule has 1 heterocycles. The lowest BCUT2D eigenvalue weighted by atomic mass is 9.78. The Morgan fingerprint density at radius 3 is 2.76 bits per heavy atom. The molecule has 1 saturated carbocycles. The maximum atomic E-state index is 12.4. The van der Waals surface area contributed by atoms with Crippen LogP contribution in [0.15, 0.2) is 0 Å². The summed E-state index contributed by atoms with van der Waals surface area (Å²) in [5, 5.41) is 0. The molecule has 4 unspecified atom stereocenters. The van der Waals surface area contributed by atoms with Gasteiger partial charge in [0.15, 0.2) is 0 Å². The minimum absolute atomic E-state index is 0.186. The van der Waals surface area contributed by atoms with Crippen molar-refractivity contribution in [2.75, 3.05) is 19.8 Å². The normalized spacial score (nSPS) is 39.1. The molecule has 0 spiro atoms. The van der Waals surface area contributed by atoms with Crippen LogP contribution in [0.3, 0.4) is 0 Å². The first kappa shape index (κ1) is 12.8. The highest BCUT2D eigenvalue weighted by molar-refractivity contribution is 5.79. The van der Waals surface area contributed by atoms with Crippen LogP contribution in [-0.4, -0.2) is 42.6 Å². The third-order valence-corrected chi connectivity index (χ3v) is 4.24. The van der Waals surface area contributed by atoms with Crippen molar-refractivity contribution < 1.29 is 9.53 Å². The van der Waals surface area contributed by atoms with Gasteiger partial charge < -0.3 is 15.4 Å². The van der Waals surface area contributed by atoms with E-state index in [1.807, 2.05) is 4.90 Å². The number of morpholine rings is 1. The quantitative estimate of drug-likeness (QED) is 0.744. The summed E-state index contributed by atoms with van der Waals surface area (Å²) in [6.45, 7) is 6.32. The standard InChI is InChI=1S/C13H24N2O2/c1-9-7-11(3-4-12(9)14)13(16)15-5-6-17-8-10(15)2/h9-12H,3-8,14H2,1-2H3. The molecule has 4 atom stereocenters. The smallest absolute Gasteiger partial charge is 0.226 e. The van der Waals surface area contributed by atoms with Gasteiger partial charge in [0.1, 0.15) is 0 Å². The van der Waals surface area contributed by atoms with Crippen LogP contribution in [0.5, 0.6) is 0 Å². The molecule has 4 nitrogen and oxygen atoms in total. The van der Waals surface area contributed by atoms with Crippen molar-refractivity contribution in [1.82, 2.24) is 4.90 Å². The second-order valence-electron chi connectivity index (χ2n) is 5.61. The third kappa shape index (κ3) is 2.80. The molecule has 1 saturated heterocycles. The topological polar surface area (TPSA) is 55.6 Å². The average Bonchev–Trinajstić information content (AvgIpc) is 2.32. The first-order valence-corrected chi connectivity index (χ1v) is 6.73. The fraction of sp³-hybridized carbons (Fsp3) is 0.923. The van der Waals surface area contributed by atoms with Gasteiger partial charge in [0.2, 0.25) is 5.91 Å². The van der Waals surface area contributed by atoms with E-state index in [9.17, 15) is 4.79 Å². The minimum Gasteiger partial charge on any atom is -0.377 e. The number of hydrogen-bond donors (Lipinski definition) is 1. The Hall–Kier alpha value is -0.610. The maximum absolute atomic E-state index is 12.4. The van der Waals surface area contributed by atoms with Crippen molar-refractivity contribution in [3.05, 3.63) is 0 Å². The minimum atomic E-state index is 0.186. The van der Waals surface area contributed by atoms with Crippen molar-refractivity contribution in [1.29, 1.82) is 0 Å². The number of nitrogens with zero attached hydrogens (tertiary/aromatic N) is 1. The first-order chi connectivity index (χ1) is 8.09. The van der Waals surface area contributed by atoms with Gasteiger partial charge in [0, 0.05) is 18.5 Å². The zero-order chi connectivity index (χ0) is 12.4. The fourth-order valence-corrected chi connectivity index (χ4v) is 2.93. The molecule has 1 amide bonds. The summed E-state index contributed by atoms with van der Waals surface area (Å²) in [7, 11) is 0. The molecular formula is C13H24N2O2. The first-order valence-electron chi connectivity index (χ1n) is 6.73. The number of amides is 1. The van der Waals surface area contributed by atoms with Gasteiger partial charge in [0.05, 0.1) is 19.3 Å².